The number of aryl methyl sites for hydroxylation is 3. The number of hydrogen-bond acceptors (Lipinski definition) is 9. The smallest absolute Gasteiger partial charge is 0.241 e. The molecule has 0 saturated heterocycles. The Hall–Kier alpha value is -4.21. The van der Waals surface area contributed by atoms with E-state index in [2.05, 4.69) is 27.0 Å². The largest absolute Gasteiger partial charge is 0.473 e. The van der Waals surface area contributed by atoms with Gasteiger partial charge in [-0.05, 0) is 46.4 Å². The average molecular weight is 546 g/mol. The van der Waals surface area contributed by atoms with Crippen LogP contribution < -0.4 is 9.47 Å². The minimum absolute atomic E-state index is 0.0935. The van der Waals surface area contributed by atoms with Crippen molar-refractivity contribution in [3.63, 3.8) is 0 Å². The van der Waals surface area contributed by atoms with Crippen molar-refractivity contribution in [3.05, 3.63) is 40.9 Å². The molecule has 12 heteroatoms. The van der Waals surface area contributed by atoms with Crippen molar-refractivity contribution in [2.24, 2.45) is 7.05 Å². The summed E-state index contributed by atoms with van der Waals surface area (Å²) in [6, 6.07) is 1.73. The first-order chi connectivity index (χ1) is 19.2. The van der Waals surface area contributed by atoms with E-state index in [1.165, 1.54) is 0 Å². The molecule has 40 heavy (non-hydrogen) atoms. The lowest BCUT2D eigenvalue weighted by Gasteiger charge is -2.26. The molecule has 0 aliphatic carbocycles. The second-order valence-electron chi connectivity index (χ2n) is 10.2. The number of aromatic nitrogens is 7. The zero-order chi connectivity index (χ0) is 28.6. The van der Waals surface area contributed by atoms with Crippen LogP contribution in [-0.2, 0) is 13.6 Å². The molecule has 12 nitrogen and oxygen atoms in total. The van der Waals surface area contributed by atoms with E-state index in [0.717, 1.165) is 46.0 Å². The minimum Gasteiger partial charge on any atom is -0.473 e. The van der Waals surface area contributed by atoms with Gasteiger partial charge in [-0.1, -0.05) is 6.92 Å². The van der Waals surface area contributed by atoms with Crippen molar-refractivity contribution in [3.8, 4) is 29.1 Å². The molecule has 0 saturated carbocycles. The molecule has 210 valence electrons. The number of likely N-dealkylation sites (N-methyl/N-ethyl adjacent to an activating group) is 1. The summed E-state index contributed by atoms with van der Waals surface area (Å²) in [7, 11) is 1.88. The molecule has 2 bridgehead atoms. The number of ether oxygens (including phenoxy) is 2. The third-order valence-electron chi connectivity index (χ3n) is 7.18. The van der Waals surface area contributed by atoms with Crippen molar-refractivity contribution >= 4 is 17.7 Å². The molecule has 1 aliphatic rings. The van der Waals surface area contributed by atoms with Crippen molar-refractivity contribution < 1.29 is 14.6 Å². The summed E-state index contributed by atoms with van der Waals surface area (Å²) in [5.74, 6) is 1.69. The maximum absolute atomic E-state index is 10.0. The van der Waals surface area contributed by atoms with Crippen LogP contribution in [-0.4, -0.2) is 76.3 Å². The Balaban J connectivity index is 1.75. The topological polar surface area (TPSA) is 132 Å². The van der Waals surface area contributed by atoms with E-state index in [0.29, 0.717) is 30.7 Å². The van der Waals surface area contributed by atoms with Crippen LogP contribution in [0.4, 0.5) is 0 Å². The Labute approximate surface area is 233 Å². The normalized spacial score (nSPS) is 17.4. The predicted octanol–water partition coefficient (Wildman–Crippen LogP) is 3.17. The summed E-state index contributed by atoms with van der Waals surface area (Å²) < 4.78 is 17.9. The molecule has 1 aliphatic heterocycles. The molecule has 0 amide bonds. The highest BCUT2D eigenvalue weighted by Gasteiger charge is 2.26. The monoisotopic (exact) mass is 545 g/mol. The highest BCUT2D eigenvalue weighted by atomic mass is 16.5. The minimum atomic E-state index is -0.292. The quantitative estimate of drug-likeness (QED) is 0.402. The highest BCUT2D eigenvalue weighted by Crippen LogP contribution is 2.34. The van der Waals surface area contributed by atoms with E-state index >= 15 is 0 Å². The Kier molecular flexibility index (Phi) is 7.60. The number of hydrogen-bond donors (Lipinski definition) is 1. The first-order valence-corrected chi connectivity index (χ1v) is 13.4. The molecule has 5 rings (SSSR count). The van der Waals surface area contributed by atoms with Crippen LogP contribution in [0, 0.1) is 25.2 Å². The van der Waals surface area contributed by atoms with Gasteiger partial charge < -0.3 is 14.6 Å². The van der Waals surface area contributed by atoms with Gasteiger partial charge in [0.05, 0.1) is 58.3 Å². The van der Waals surface area contributed by atoms with Gasteiger partial charge >= 0.3 is 0 Å². The number of fused-ring (bicyclic) bond motifs is 4. The summed E-state index contributed by atoms with van der Waals surface area (Å²) in [4.78, 5) is 11.8. The van der Waals surface area contributed by atoms with Gasteiger partial charge in [0.2, 0.25) is 11.8 Å². The number of aliphatic hydroxyl groups excluding tert-OH is 1. The van der Waals surface area contributed by atoms with Crippen LogP contribution in [0.1, 0.15) is 55.3 Å². The molecule has 0 radical (unpaired) electrons. The third kappa shape index (κ3) is 4.94. The molecular weight excluding hydrogens is 510 g/mol. The highest BCUT2D eigenvalue weighted by molar-refractivity contribution is 5.74. The van der Waals surface area contributed by atoms with Gasteiger partial charge in [-0.3, -0.25) is 14.0 Å². The molecule has 0 fully saturated rings. The molecular formula is C28H35N9O3. The van der Waals surface area contributed by atoms with Crippen LogP contribution in [0.5, 0.6) is 11.8 Å². The Morgan fingerprint density at radius 3 is 2.77 bits per heavy atom. The lowest BCUT2D eigenvalue weighted by Crippen LogP contribution is -2.35. The predicted molar refractivity (Wildman–Crippen MR) is 150 cm³/mol. The molecule has 4 aromatic heterocycles. The lowest BCUT2D eigenvalue weighted by molar-refractivity contribution is 0.132. The second-order valence-corrected chi connectivity index (χ2v) is 10.2. The Morgan fingerprint density at radius 2 is 2.05 bits per heavy atom. The molecule has 5 heterocycles. The zero-order valence-corrected chi connectivity index (χ0v) is 23.8. The number of aliphatic hydroxyl groups is 1. The summed E-state index contributed by atoms with van der Waals surface area (Å²) in [6.07, 6.45) is 7.42. The van der Waals surface area contributed by atoms with Gasteiger partial charge in [0.15, 0.2) is 6.61 Å². The van der Waals surface area contributed by atoms with E-state index in [1.54, 1.807) is 15.6 Å². The zero-order valence-electron chi connectivity index (χ0n) is 23.8. The number of nitriles is 1. The Bertz CT molecular complexity index is 1610. The standard InChI is InChI=1S/C28H35N9O3/c1-7-35-13-18(3)40-28-26(20(5)32-34(28)6)22-14-36-23(19(4)31-22)12-30-25(36)9-8-21-24(15-35)37(17(2)16-38)33-27(21)39-11-10-29/h8-9,12,14,17-18,38H,7,11,13,15-16H2,1-6H3/b9-8+/t17-,18-/m0/s1. The SMILES string of the molecule is CCN1Cc2c(c(OCC#N)nn2[C@@H](C)CO)/C=C/c2ncc3c(C)nc(cn23)-c2c(C)nn(C)c2O[C@@H](C)C1. The summed E-state index contributed by atoms with van der Waals surface area (Å²) in [6.45, 7) is 11.6. The van der Waals surface area contributed by atoms with E-state index in [9.17, 15) is 10.4 Å². The molecule has 4 aromatic rings. The molecule has 0 unspecified atom stereocenters. The van der Waals surface area contributed by atoms with Gasteiger partial charge in [0.1, 0.15) is 18.0 Å². The van der Waals surface area contributed by atoms with E-state index in [-0.39, 0.29) is 25.4 Å². The summed E-state index contributed by atoms with van der Waals surface area (Å²) >= 11 is 0. The summed E-state index contributed by atoms with van der Waals surface area (Å²) in [5, 5.41) is 28.5. The van der Waals surface area contributed by atoms with Gasteiger partial charge in [-0.25, -0.2) is 14.6 Å². The number of rotatable bonds is 5. The first-order valence-electron chi connectivity index (χ1n) is 13.4. The van der Waals surface area contributed by atoms with Crippen molar-refractivity contribution in [2.75, 3.05) is 26.3 Å². The lowest BCUT2D eigenvalue weighted by atomic mass is 10.1. The Morgan fingerprint density at radius 1 is 1.25 bits per heavy atom. The third-order valence-corrected chi connectivity index (χ3v) is 7.18. The second kappa shape index (κ2) is 11.1. The van der Waals surface area contributed by atoms with E-state index in [4.69, 9.17) is 14.5 Å². The molecule has 2 atom stereocenters. The molecule has 0 spiro atoms. The average Bonchev–Trinajstić information content (AvgIpc) is 3.58. The van der Waals surface area contributed by atoms with Crippen molar-refractivity contribution in [2.45, 2.75) is 53.3 Å². The number of imidazole rings is 1. The molecule has 0 aromatic carbocycles. The number of nitrogens with zero attached hydrogens (tertiary/aromatic N) is 9. The van der Waals surface area contributed by atoms with Gasteiger partial charge in [-0.2, -0.15) is 10.4 Å². The maximum atomic E-state index is 10.0. The fourth-order valence-electron chi connectivity index (χ4n) is 5.18. The van der Waals surface area contributed by atoms with Gasteiger partial charge in [0.25, 0.3) is 0 Å². The fraction of sp³-hybridized carbons (Fsp3) is 0.464. The van der Waals surface area contributed by atoms with Gasteiger partial charge in [-0.15, -0.1) is 5.10 Å². The van der Waals surface area contributed by atoms with E-state index < -0.39 is 0 Å². The fourth-order valence-corrected chi connectivity index (χ4v) is 5.18. The van der Waals surface area contributed by atoms with Crippen molar-refractivity contribution in [1.29, 1.82) is 5.26 Å². The van der Waals surface area contributed by atoms with Crippen LogP contribution in [0.2, 0.25) is 0 Å². The van der Waals surface area contributed by atoms with Crippen LogP contribution in [0.25, 0.3) is 28.9 Å². The van der Waals surface area contributed by atoms with Crippen LogP contribution in [0.15, 0.2) is 12.4 Å². The molecule has 1 N–H and O–H groups in total. The van der Waals surface area contributed by atoms with Crippen molar-refractivity contribution in [1.82, 2.24) is 38.8 Å². The summed E-state index contributed by atoms with van der Waals surface area (Å²) in [5.41, 5.74) is 5.74. The first kappa shape index (κ1) is 27.4. The van der Waals surface area contributed by atoms with E-state index in [1.807, 2.05) is 63.6 Å². The maximum Gasteiger partial charge on any atom is 0.241 e. The van der Waals surface area contributed by atoms with Crippen LogP contribution in [0.3, 0.4) is 0 Å². The van der Waals surface area contributed by atoms with Crippen LogP contribution >= 0.6 is 0 Å². The van der Waals surface area contributed by atoms with Gasteiger partial charge in [0, 0.05) is 26.3 Å².